The fourth-order valence-electron chi connectivity index (χ4n) is 2.88. The average Bonchev–Trinajstić information content (AvgIpc) is 2.67. The van der Waals surface area contributed by atoms with E-state index in [0.29, 0.717) is 13.1 Å². The summed E-state index contributed by atoms with van der Waals surface area (Å²) in [6.45, 7) is 9.18. The largest absolute Gasteiger partial charge is 0.298 e. The Morgan fingerprint density at radius 3 is 1.33 bits per heavy atom. The van der Waals surface area contributed by atoms with Crippen molar-refractivity contribution in [2.24, 2.45) is 0 Å². The van der Waals surface area contributed by atoms with E-state index in [1.54, 1.807) is 48.5 Å². The highest BCUT2D eigenvalue weighted by Gasteiger charge is 2.17. The maximum atomic E-state index is 12.4. The molecule has 0 spiro atoms. The van der Waals surface area contributed by atoms with Gasteiger partial charge in [-0.3, -0.25) is 4.90 Å². The molecule has 0 radical (unpaired) electrons. The van der Waals surface area contributed by atoms with Crippen LogP contribution in [0.15, 0.2) is 58.3 Å². The monoisotopic (exact) mass is 453 g/mol. The van der Waals surface area contributed by atoms with Gasteiger partial charge in [0, 0.05) is 32.2 Å². The summed E-state index contributed by atoms with van der Waals surface area (Å²) in [4.78, 5) is 2.49. The first-order valence-corrected chi connectivity index (χ1v) is 12.8. The lowest BCUT2D eigenvalue weighted by molar-refractivity contribution is 0.230. The van der Waals surface area contributed by atoms with Crippen molar-refractivity contribution in [3.05, 3.63) is 59.7 Å². The number of benzene rings is 2. The van der Waals surface area contributed by atoms with Gasteiger partial charge in [-0.15, -0.1) is 0 Å². The Bertz CT molecular complexity index is 935. The van der Waals surface area contributed by atoms with Crippen molar-refractivity contribution in [2.75, 3.05) is 26.2 Å². The molecule has 7 nitrogen and oxygen atoms in total. The quantitative estimate of drug-likeness (QED) is 0.544. The van der Waals surface area contributed by atoms with Gasteiger partial charge in [-0.2, -0.15) is 0 Å². The van der Waals surface area contributed by atoms with E-state index in [4.69, 9.17) is 0 Å². The topological polar surface area (TPSA) is 95.6 Å². The number of nitrogens with zero attached hydrogens (tertiary/aromatic N) is 1. The van der Waals surface area contributed by atoms with E-state index in [9.17, 15) is 16.8 Å². The molecule has 0 heterocycles. The Kier molecular flexibility index (Phi) is 8.57. The van der Waals surface area contributed by atoms with Crippen LogP contribution in [-0.2, 0) is 20.0 Å². The molecule has 2 N–H and O–H groups in total. The zero-order valence-corrected chi connectivity index (χ0v) is 19.6. The van der Waals surface area contributed by atoms with E-state index in [1.807, 2.05) is 32.6 Å². The van der Waals surface area contributed by atoms with Gasteiger partial charge in [0.2, 0.25) is 20.0 Å². The van der Waals surface area contributed by atoms with Crippen LogP contribution in [0.1, 0.15) is 25.0 Å². The maximum absolute atomic E-state index is 12.4. The van der Waals surface area contributed by atoms with E-state index in [1.165, 1.54) is 0 Å². The van der Waals surface area contributed by atoms with E-state index in [0.717, 1.165) is 11.1 Å². The second-order valence-corrected chi connectivity index (χ2v) is 11.1. The Balaban J connectivity index is 1.87. The fraction of sp³-hybridized carbons (Fsp3) is 0.429. The number of aryl methyl sites for hydroxylation is 2. The van der Waals surface area contributed by atoms with Crippen LogP contribution in [-0.4, -0.2) is 54.0 Å². The van der Waals surface area contributed by atoms with Crippen LogP contribution in [0.2, 0.25) is 0 Å². The lowest BCUT2D eigenvalue weighted by Gasteiger charge is -2.26. The van der Waals surface area contributed by atoms with Crippen molar-refractivity contribution >= 4 is 20.0 Å². The minimum Gasteiger partial charge on any atom is -0.298 e. The molecule has 30 heavy (non-hydrogen) atoms. The lowest BCUT2D eigenvalue weighted by atomic mass is 10.2. The Labute approximate surface area is 180 Å². The number of sulfonamides is 2. The van der Waals surface area contributed by atoms with Crippen molar-refractivity contribution in [3.8, 4) is 0 Å². The molecule has 0 saturated heterocycles. The van der Waals surface area contributed by atoms with Gasteiger partial charge in [-0.05, 0) is 52.0 Å². The third-order valence-electron chi connectivity index (χ3n) is 4.78. The van der Waals surface area contributed by atoms with E-state index in [2.05, 4.69) is 9.44 Å². The van der Waals surface area contributed by atoms with E-state index < -0.39 is 20.0 Å². The summed E-state index contributed by atoms with van der Waals surface area (Å²) in [5.41, 5.74) is 1.99. The first-order chi connectivity index (χ1) is 14.0. The van der Waals surface area contributed by atoms with Crippen LogP contribution in [0.3, 0.4) is 0 Å². The molecular formula is C21H31N3O4S2. The summed E-state index contributed by atoms with van der Waals surface area (Å²) in [6.07, 6.45) is 0. The summed E-state index contributed by atoms with van der Waals surface area (Å²) < 4.78 is 54.8. The molecule has 0 aromatic heterocycles. The smallest absolute Gasteiger partial charge is 0.240 e. The summed E-state index contributed by atoms with van der Waals surface area (Å²) >= 11 is 0. The van der Waals surface area contributed by atoms with E-state index in [-0.39, 0.29) is 28.9 Å². The average molecular weight is 454 g/mol. The van der Waals surface area contributed by atoms with Crippen molar-refractivity contribution in [2.45, 2.75) is 43.5 Å². The molecule has 166 valence electrons. The Morgan fingerprint density at radius 1 is 0.700 bits per heavy atom. The molecule has 0 atom stereocenters. The van der Waals surface area contributed by atoms with Crippen LogP contribution in [0.25, 0.3) is 0 Å². The van der Waals surface area contributed by atoms with Crippen LogP contribution in [0, 0.1) is 13.8 Å². The highest BCUT2D eigenvalue weighted by atomic mass is 32.2. The maximum Gasteiger partial charge on any atom is 0.240 e. The highest BCUT2D eigenvalue weighted by molar-refractivity contribution is 7.89. The molecule has 0 amide bonds. The predicted octanol–water partition coefficient (Wildman–Crippen LogP) is 2.27. The molecule has 9 heteroatoms. The predicted molar refractivity (Wildman–Crippen MR) is 119 cm³/mol. The van der Waals surface area contributed by atoms with Crippen molar-refractivity contribution in [1.29, 1.82) is 0 Å². The molecule has 0 saturated carbocycles. The van der Waals surface area contributed by atoms with Crippen molar-refractivity contribution < 1.29 is 16.8 Å². The number of hydrogen-bond donors (Lipinski definition) is 2. The van der Waals surface area contributed by atoms with Gasteiger partial charge in [0.15, 0.2) is 0 Å². The van der Waals surface area contributed by atoms with Crippen LogP contribution >= 0.6 is 0 Å². The lowest BCUT2D eigenvalue weighted by Crippen LogP contribution is -2.42. The van der Waals surface area contributed by atoms with Crippen LogP contribution < -0.4 is 9.44 Å². The van der Waals surface area contributed by atoms with Gasteiger partial charge in [-0.1, -0.05) is 35.4 Å². The SMILES string of the molecule is Cc1ccc(S(=O)(=O)NCCN(CCNS(=O)(=O)c2ccc(C)cc2)C(C)C)cc1. The summed E-state index contributed by atoms with van der Waals surface area (Å²) in [5.74, 6) is 0. The molecule has 0 fully saturated rings. The minimum atomic E-state index is -3.57. The molecule has 0 aliphatic carbocycles. The standard InChI is InChI=1S/C21H31N3O4S2/c1-17(2)24(15-13-22-29(25,26)20-9-5-18(3)6-10-20)16-14-23-30(27,28)21-11-7-19(4)8-12-21/h5-12,17,22-23H,13-16H2,1-4H3. The molecule has 2 rings (SSSR count). The van der Waals surface area contributed by atoms with Crippen molar-refractivity contribution in [1.82, 2.24) is 14.3 Å². The zero-order chi connectivity index (χ0) is 22.4. The number of rotatable bonds is 11. The molecular weight excluding hydrogens is 422 g/mol. The minimum absolute atomic E-state index is 0.137. The summed E-state index contributed by atoms with van der Waals surface area (Å²) in [5, 5.41) is 0. The normalized spacial score (nSPS) is 12.6. The highest BCUT2D eigenvalue weighted by Crippen LogP contribution is 2.11. The molecule has 2 aromatic rings. The van der Waals surface area contributed by atoms with Crippen molar-refractivity contribution in [3.63, 3.8) is 0 Å². The Hall–Kier alpha value is -1.78. The van der Waals surface area contributed by atoms with Crippen LogP contribution in [0.5, 0.6) is 0 Å². The third kappa shape index (κ3) is 7.17. The van der Waals surface area contributed by atoms with Crippen LogP contribution in [0.4, 0.5) is 0 Å². The molecule has 2 aromatic carbocycles. The first kappa shape index (κ1) is 24.5. The number of hydrogen-bond acceptors (Lipinski definition) is 5. The molecule has 0 aliphatic rings. The van der Waals surface area contributed by atoms with Gasteiger partial charge in [0.25, 0.3) is 0 Å². The van der Waals surface area contributed by atoms with Gasteiger partial charge >= 0.3 is 0 Å². The van der Waals surface area contributed by atoms with Gasteiger partial charge in [0.05, 0.1) is 9.79 Å². The van der Waals surface area contributed by atoms with E-state index >= 15 is 0 Å². The van der Waals surface area contributed by atoms with Gasteiger partial charge in [0.1, 0.15) is 0 Å². The third-order valence-corrected chi connectivity index (χ3v) is 7.73. The second-order valence-electron chi connectivity index (χ2n) is 7.55. The second kappa shape index (κ2) is 10.5. The summed E-state index contributed by atoms with van der Waals surface area (Å²) in [7, 11) is -7.14. The molecule has 0 unspecified atom stereocenters. The first-order valence-electron chi connectivity index (χ1n) is 9.88. The molecule has 0 aliphatic heterocycles. The van der Waals surface area contributed by atoms with Gasteiger partial charge in [-0.25, -0.2) is 26.3 Å². The number of nitrogens with one attached hydrogen (secondary N) is 2. The fourth-order valence-corrected chi connectivity index (χ4v) is 4.92. The van der Waals surface area contributed by atoms with Gasteiger partial charge < -0.3 is 0 Å². The Morgan fingerprint density at radius 2 is 1.03 bits per heavy atom. The zero-order valence-electron chi connectivity index (χ0n) is 17.9. The molecule has 0 bridgehead atoms. The summed E-state index contributed by atoms with van der Waals surface area (Å²) in [6, 6.07) is 13.5.